The summed E-state index contributed by atoms with van der Waals surface area (Å²) in [7, 11) is 3.00. The summed E-state index contributed by atoms with van der Waals surface area (Å²) >= 11 is 0. The molecular weight excluding hydrogens is 450 g/mol. The zero-order chi connectivity index (χ0) is 25.1. The molecule has 178 valence electrons. The molecule has 35 heavy (non-hydrogen) atoms. The number of aliphatic carboxylic acids is 1. The minimum atomic E-state index is -0.979. The molecule has 1 amide bonds. The molecule has 8 heteroatoms. The van der Waals surface area contributed by atoms with Gasteiger partial charge in [-0.25, -0.2) is 0 Å². The number of Topliss-reactive ketones (excluding diaryl/α,β-unsaturated/α-hetero) is 1. The van der Waals surface area contributed by atoms with E-state index in [1.807, 2.05) is 0 Å². The number of carboxylic acids is 1. The minimum Gasteiger partial charge on any atom is -0.507 e. The number of anilines is 1. The number of nitrogens with zero attached hydrogens (tertiary/aromatic N) is 1. The molecule has 0 radical (unpaired) electrons. The highest BCUT2D eigenvalue weighted by Crippen LogP contribution is 2.43. The average Bonchev–Trinajstić information content (AvgIpc) is 3.14. The van der Waals surface area contributed by atoms with Gasteiger partial charge in [0, 0.05) is 11.3 Å². The number of hydrogen-bond donors (Lipinski definition) is 2. The number of aliphatic hydroxyl groups is 1. The number of ketones is 1. The van der Waals surface area contributed by atoms with Crippen LogP contribution in [0.5, 0.6) is 11.5 Å². The maximum absolute atomic E-state index is 13.3. The molecule has 0 bridgehead atoms. The second-order valence-electron chi connectivity index (χ2n) is 7.91. The van der Waals surface area contributed by atoms with E-state index in [-0.39, 0.29) is 17.8 Å². The molecule has 0 spiro atoms. The van der Waals surface area contributed by atoms with Crippen molar-refractivity contribution in [3.05, 3.63) is 95.1 Å². The summed E-state index contributed by atoms with van der Waals surface area (Å²) in [6.07, 6.45) is -0.172. The van der Waals surface area contributed by atoms with Crippen LogP contribution < -0.4 is 14.4 Å². The number of methoxy groups -OCH3 is 2. The van der Waals surface area contributed by atoms with Gasteiger partial charge < -0.3 is 19.7 Å². The van der Waals surface area contributed by atoms with Crippen molar-refractivity contribution in [2.75, 3.05) is 19.1 Å². The smallest absolute Gasteiger partial charge is 0.307 e. The van der Waals surface area contributed by atoms with Crippen LogP contribution in [0, 0.1) is 0 Å². The molecule has 1 aliphatic rings. The Morgan fingerprint density at radius 2 is 1.51 bits per heavy atom. The number of benzene rings is 3. The van der Waals surface area contributed by atoms with Crippen LogP contribution in [0.3, 0.4) is 0 Å². The Morgan fingerprint density at radius 3 is 2.14 bits per heavy atom. The van der Waals surface area contributed by atoms with Crippen molar-refractivity contribution in [2.24, 2.45) is 0 Å². The molecule has 3 aromatic carbocycles. The SMILES string of the molecule is COc1cccc(/C(O)=C2/C(=O)C(=O)N(c3ccc(CC(=O)O)cc3)C2c2cccc(OC)c2)c1. The number of hydrogen-bond acceptors (Lipinski definition) is 6. The predicted octanol–water partition coefficient (Wildman–Crippen LogP) is 3.96. The van der Waals surface area contributed by atoms with Gasteiger partial charge in [-0.05, 0) is 47.5 Å². The van der Waals surface area contributed by atoms with Crippen molar-refractivity contribution >= 4 is 29.1 Å². The third kappa shape index (κ3) is 4.59. The number of carbonyl (C=O) groups is 3. The maximum atomic E-state index is 13.3. The largest absolute Gasteiger partial charge is 0.507 e. The Bertz CT molecular complexity index is 1330. The van der Waals surface area contributed by atoms with E-state index in [0.29, 0.717) is 33.9 Å². The Kier molecular flexibility index (Phi) is 6.55. The lowest BCUT2D eigenvalue weighted by Crippen LogP contribution is -2.29. The average molecular weight is 473 g/mol. The molecule has 1 fully saturated rings. The van der Waals surface area contributed by atoms with Crippen LogP contribution in [0.15, 0.2) is 78.4 Å². The Balaban J connectivity index is 1.89. The summed E-state index contributed by atoms with van der Waals surface area (Å²) in [6, 6.07) is 18.9. The number of rotatable bonds is 7. The van der Waals surface area contributed by atoms with E-state index in [1.54, 1.807) is 72.8 Å². The van der Waals surface area contributed by atoms with E-state index in [9.17, 15) is 19.5 Å². The first kappa shape index (κ1) is 23.6. The molecule has 1 heterocycles. The van der Waals surface area contributed by atoms with Crippen molar-refractivity contribution in [2.45, 2.75) is 12.5 Å². The van der Waals surface area contributed by atoms with Crippen molar-refractivity contribution in [1.82, 2.24) is 0 Å². The lowest BCUT2D eigenvalue weighted by molar-refractivity contribution is -0.136. The highest BCUT2D eigenvalue weighted by Gasteiger charge is 2.47. The molecule has 2 N–H and O–H groups in total. The van der Waals surface area contributed by atoms with Gasteiger partial charge in [0.15, 0.2) is 0 Å². The van der Waals surface area contributed by atoms with E-state index in [0.717, 1.165) is 0 Å². The van der Waals surface area contributed by atoms with E-state index < -0.39 is 23.7 Å². The fourth-order valence-electron chi connectivity index (χ4n) is 4.10. The molecule has 3 aromatic rings. The molecule has 1 unspecified atom stereocenters. The van der Waals surface area contributed by atoms with Gasteiger partial charge in [-0.15, -0.1) is 0 Å². The number of amides is 1. The van der Waals surface area contributed by atoms with E-state index >= 15 is 0 Å². The lowest BCUT2D eigenvalue weighted by atomic mass is 9.95. The molecule has 4 rings (SSSR count). The maximum Gasteiger partial charge on any atom is 0.307 e. The third-order valence-corrected chi connectivity index (χ3v) is 5.77. The fourth-order valence-corrected chi connectivity index (χ4v) is 4.10. The summed E-state index contributed by atoms with van der Waals surface area (Å²) in [4.78, 5) is 38.9. The normalized spacial score (nSPS) is 16.9. The second-order valence-corrected chi connectivity index (χ2v) is 7.91. The fraction of sp³-hybridized carbons (Fsp3) is 0.148. The Hall–Kier alpha value is -4.59. The molecule has 0 saturated carbocycles. The molecule has 1 atom stereocenters. The van der Waals surface area contributed by atoms with Gasteiger partial charge in [0.1, 0.15) is 17.3 Å². The van der Waals surface area contributed by atoms with Crippen LogP contribution in [0.25, 0.3) is 5.76 Å². The summed E-state index contributed by atoms with van der Waals surface area (Å²) < 4.78 is 10.6. The monoisotopic (exact) mass is 473 g/mol. The number of ether oxygens (including phenoxy) is 2. The first-order valence-electron chi connectivity index (χ1n) is 10.7. The third-order valence-electron chi connectivity index (χ3n) is 5.77. The molecule has 1 saturated heterocycles. The predicted molar refractivity (Wildman–Crippen MR) is 129 cm³/mol. The summed E-state index contributed by atoms with van der Waals surface area (Å²) in [6.45, 7) is 0. The zero-order valence-corrected chi connectivity index (χ0v) is 19.1. The molecule has 8 nitrogen and oxygen atoms in total. The van der Waals surface area contributed by atoms with Gasteiger partial charge in [-0.1, -0.05) is 36.4 Å². The standard InChI is InChI=1S/C27H23NO7/c1-34-20-7-3-5-17(14-20)24-23(25(31)18-6-4-8-21(15-18)35-2)26(32)27(33)28(24)19-11-9-16(10-12-19)13-22(29)30/h3-12,14-15,24,31H,13H2,1-2H3,(H,29,30)/b25-23-. The van der Waals surface area contributed by atoms with Gasteiger partial charge in [0.25, 0.3) is 11.7 Å². The lowest BCUT2D eigenvalue weighted by Gasteiger charge is -2.26. The quantitative estimate of drug-likeness (QED) is 0.303. The van der Waals surface area contributed by atoms with Crippen LogP contribution in [0.1, 0.15) is 22.7 Å². The van der Waals surface area contributed by atoms with Crippen molar-refractivity contribution in [3.63, 3.8) is 0 Å². The van der Waals surface area contributed by atoms with Crippen molar-refractivity contribution in [3.8, 4) is 11.5 Å². The van der Waals surface area contributed by atoms with Gasteiger partial charge in [-0.2, -0.15) is 0 Å². The topological polar surface area (TPSA) is 113 Å². The van der Waals surface area contributed by atoms with Crippen molar-refractivity contribution < 1.29 is 34.1 Å². The first-order chi connectivity index (χ1) is 16.8. The summed E-state index contributed by atoms with van der Waals surface area (Å²) in [5, 5.41) is 20.3. The second kappa shape index (κ2) is 9.72. The number of aliphatic hydroxyl groups excluding tert-OH is 1. The molecule has 0 aliphatic carbocycles. The van der Waals surface area contributed by atoms with E-state index in [1.165, 1.54) is 19.1 Å². The minimum absolute atomic E-state index is 0.0777. The van der Waals surface area contributed by atoms with Crippen LogP contribution in [-0.2, 0) is 20.8 Å². The molecular formula is C27H23NO7. The van der Waals surface area contributed by atoms with E-state index in [4.69, 9.17) is 14.6 Å². The van der Waals surface area contributed by atoms with Gasteiger partial charge in [-0.3, -0.25) is 19.3 Å². The summed E-state index contributed by atoms with van der Waals surface area (Å²) in [5.74, 6) is -1.96. The Labute approximate surface area is 201 Å². The highest BCUT2D eigenvalue weighted by atomic mass is 16.5. The van der Waals surface area contributed by atoms with Gasteiger partial charge >= 0.3 is 5.97 Å². The van der Waals surface area contributed by atoms with Crippen molar-refractivity contribution in [1.29, 1.82) is 0 Å². The Morgan fingerprint density at radius 1 is 0.886 bits per heavy atom. The number of carbonyl (C=O) groups excluding carboxylic acids is 2. The molecule has 1 aliphatic heterocycles. The zero-order valence-electron chi connectivity index (χ0n) is 19.1. The molecule has 0 aromatic heterocycles. The van der Waals surface area contributed by atoms with Crippen LogP contribution in [0.4, 0.5) is 5.69 Å². The summed E-state index contributed by atoms with van der Waals surface area (Å²) in [5.41, 5.74) is 1.74. The van der Waals surface area contributed by atoms with E-state index in [2.05, 4.69) is 0 Å². The van der Waals surface area contributed by atoms with Gasteiger partial charge in [0.2, 0.25) is 0 Å². The van der Waals surface area contributed by atoms with Gasteiger partial charge in [0.05, 0.1) is 32.3 Å². The van der Waals surface area contributed by atoms with Crippen LogP contribution in [-0.4, -0.2) is 42.1 Å². The van der Waals surface area contributed by atoms with Crippen LogP contribution >= 0.6 is 0 Å². The number of carboxylic acid groups (broad SMARTS) is 1. The first-order valence-corrected chi connectivity index (χ1v) is 10.7. The van der Waals surface area contributed by atoms with Crippen LogP contribution in [0.2, 0.25) is 0 Å². The highest BCUT2D eigenvalue weighted by molar-refractivity contribution is 6.51.